The second-order valence-electron chi connectivity index (χ2n) is 5.64. The Morgan fingerprint density at radius 2 is 2.21 bits per heavy atom. The van der Waals surface area contributed by atoms with Crippen LogP contribution in [0.25, 0.3) is 0 Å². The molecule has 24 heavy (non-hydrogen) atoms. The summed E-state index contributed by atoms with van der Waals surface area (Å²) in [6.07, 6.45) is 2.54. The topological polar surface area (TPSA) is 105 Å². The lowest BCUT2D eigenvalue weighted by Gasteiger charge is -2.28. The minimum atomic E-state index is -3.14. The monoisotopic (exact) mass is 370 g/mol. The van der Waals surface area contributed by atoms with Crippen LogP contribution in [0.3, 0.4) is 0 Å². The third-order valence-electron chi connectivity index (χ3n) is 3.92. The highest BCUT2D eigenvalue weighted by atomic mass is 32.2. The van der Waals surface area contributed by atoms with Gasteiger partial charge in [-0.25, -0.2) is 12.7 Å². The number of amides is 1. The molecule has 2 aromatic rings. The van der Waals surface area contributed by atoms with E-state index in [0.717, 1.165) is 0 Å². The van der Waals surface area contributed by atoms with Crippen LogP contribution in [0.4, 0.5) is 0 Å². The Morgan fingerprint density at radius 1 is 1.46 bits per heavy atom. The Kier molecular flexibility index (Phi) is 4.97. The fraction of sp³-hybridized carbons (Fsp3) is 0.500. The van der Waals surface area contributed by atoms with Crippen LogP contribution >= 0.6 is 11.3 Å². The smallest absolute Gasteiger partial charge is 0.261 e. The van der Waals surface area contributed by atoms with E-state index < -0.39 is 10.0 Å². The SMILES string of the molecule is CS(=O)(=O)N1CCC(c2noc(CNC(=O)c3cccs3)n2)CC1. The van der Waals surface area contributed by atoms with Crippen LogP contribution in [0.2, 0.25) is 0 Å². The van der Waals surface area contributed by atoms with Crippen LogP contribution in [0.15, 0.2) is 22.0 Å². The molecule has 130 valence electrons. The molecule has 0 saturated carbocycles. The summed E-state index contributed by atoms with van der Waals surface area (Å²) in [6, 6.07) is 3.56. The van der Waals surface area contributed by atoms with Crippen molar-refractivity contribution in [3.8, 4) is 0 Å². The molecule has 1 N–H and O–H groups in total. The summed E-state index contributed by atoms with van der Waals surface area (Å²) in [5, 5.41) is 8.53. The predicted molar refractivity (Wildman–Crippen MR) is 88.2 cm³/mol. The molecule has 0 radical (unpaired) electrons. The quantitative estimate of drug-likeness (QED) is 0.848. The van der Waals surface area contributed by atoms with E-state index in [4.69, 9.17) is 4.52 Å². The number of rotatable bonds is 5. The van der Waals surface area contributed by atoms with E-state index >= 15 is 0 Å². The first kappa shape index (κ1) is 17.1. The van der Waals surface area contributed by atoms with Crippen molar-refractivity contribution in [1.82, 2.24) is 19.8 Å². The molecule has 0 aromatic carbocycles. The number of nitrogens with zero attached hydrogens (tertiary/aromatic N) is 3. The van der Waals surface area contributed by atoms with Gasteiger partial charge in [-0.1, -0.05) is 11.2 Å². The normalized spacial score (nSPS) is 17.0. The van der Waals surface area contributed by atoms with Crippen LogP contribution in [0.5, 0.6) is 0 Å². The Morgan fingerprint density at radius 3 is 2.83 bits per heavy atom. The Hall–Kier alpha value is -1.78. The number of piperidine rings is 1. The minimum Gasteiger partial charge on any atom is -0.342 e. The zero-order chi connectivity index (χ0) is 17.2. The van der Waals surface area contributed by atoms with Crippen molar-refractivity contribution in [2.75, 3.05) is 19.3 Å². The molecule has 1 aliphatic heterocycles. The molecule has 3 rings (SSSR count). The van der Waals surface area contributed by atoms with Crippen LogP contribution in [0, 0.1) is 0 Å². The zero-order valence-corrected chi connectivity index (χ0v) is 14.8. The average Bonchev–Trinajstić information content (AvgIpc) is 3.23. The lowest BCUT2D eigenvalue weighted by Crippen LogP contribution is -2.37. The van der Waals surface area contributed by atoms with Crippen molar-refractivity contribution in [1.29, 1.82) is 0 Å². The summed E-state index contributed by atoms with van der Waals surface area (Å²) < 4.78 is 29.7. The number of nitrogens with one attached hydrogen (secondary N) is 1. The Balaban J connectivity index is 1.54. The first-order chi connectivity index (χ1) is 11.4. The number of hydrogen-bond acceptors (Lipinski definition) is 7. The van der Waals surface area contributed by atoms with Gasteiger partial charge in [0.2, 0.25) is 15.9 Å². The van der Waals surface area contributed by atoms with Gasteiger partial charge in [-0.15, -0.1) is 11.3 Å². The van der Waals surface area contributed by atoms with Crippen LogP contribution in [0.1, 0.15) is 40.1 Å². The molecule has 1 fully saturated rings. The maximum absolute atomic E-state index is 11.9. The fourth-order valence-electron chi connectivity index (χ4n) is 2.60. The van der Waals surface area contributed by atoms with Crippen molar-refractivity contribution in [2.45, 2.75) is 25.3 Å². The molecular weight excluding hydrogens is 352 g/mol. The molecule has 1 amide bonds. The number of sulfonamides is 1. The predicted octanol–water partition coefficient (Wildman–Crippen LogP) is 1.20. The molecule has 2 aromatic heterocycles. The second-order valence-corrected chi connectivity index (χ2v) is 8.57. The second kappa shape index (κ2) is 6.99. The lowest BCUT2D eigenvalue weighted by atomic mass is 9.98. The molecule has 0 atom stereocenters. The van der Waals surface area contributed by atoms with Gasteiger partial charge >= 0.3 is 0 Å². The van der Waals surface area contributed by atoms with E-state index in [1.165, 1.54) is 21.9 Å². The summed E-state index contributed by atoms with van der Waals surface area (Å²) in [5.74, 6) is 0.823. The first-order valence-corrected chi connectivity index (χ1v) is 10.3. The maximum Gasteiger partial charge on any atom is 0.261 e. The summed E-state index contributed by atoms with van der Waals surface area (Å²) in [6.45, 7) is 1.09. The van der Waals surface area contributed by atoms with E-state index in [-0.39, 0.29) is 18.4 Å². The molecule has 1 saturated heterocycles. The zero-order valence-electron chi connectivity index (χ0n) is 13.1. The van der Waals surface area contributed by atoms with Gasteiger partial charge in [0.25, 0.3) is 5.91 Å². The summed E-state index contributed by atoms with van der Waals surface area (Å²) in [5.41, 5.74) is 0. The number of aromatic nitrogens is 2. The van der Waals surface area contributed by atoms with Gasteiger partial charge < -0.3 is 9.84 Å². The fourth-order valence-corrected chi connectivity index (χ4v) is 4.12. The average molecular weight is 370 g/mol. The number of hydrogen-bond donors (Lipinski definition) is 1. The Bertz CT molecular complexity index is 793. The van der Waals surface area contributed by atoms with Gasteiger partial charge in [-0.3, -0.25) is 4.79 Å². The van der Waals surface area contributed by atoms with Gasteiger partial charge in [0, 0.05) is 19.0 Å². The first-order valence-electron chi connectivity index (χ1n) is 7.53. The van der Waals surface area contributed by atoms with Crippen molar-refractivity contribution >= 4 is 27.3 Å². The van der Waals surface area contributed by atoms with Gasteiger partial charge in [0.05, 0.1) is 17.7 Å². The highest BCUT2D eigenvalue weighted by Crippen LogP contribution is 2.26. The van der Waals surface area contributed by atoms with Gasteiger partial charge in [-0.05, 0) is 24.3 Å². The van der Waals surface area contributed by atoms with E-state index in [2.05, 4.69) is 15.5 Å². The molecule has 0 spiro atoms. The molecule has 8 nitrogen and oxygen atoms in total. The highest BCUT2D eigenvalue weighted by Gasteiger charge is 2.28. The third kappa shape index (κ3) is 4.00. The van der Waals surface area contributed by atoms with Crippen molar-refractivity contribution in [3.63, 3.8) is 0 Å². The third-order valence-corrected chi connectivity index (χ3v) is 6.09. The molecule has 10 heteroatoms. The lowest BCUT2D eigenvalue weighted by molar-refractivity contribution is 0.0950. The van der Waals surface area contributed by atoms with Crippen LogP contribution in [-0.4, -0.2) is 48.1 Å². The molecule has 0 unspecified atom stereocenters. The molecular formula is C14H18N4O4S2. The van der Waals surface area contributed by atoms with Crippen molar-refractivity contribution in [3.05, 3.63) is 34.1 Å². The van der Waals surface area contributed by atoms with Gasteiger partial charge in [0.1, 0.15) is 0 Å². The van der Waals surface area contributed by atoms with Gasteiger partial charge in [0.15, 0.2) is 5.82 Å². The van der Waals surface area contributed by atoms with Crippen LogP contribution in [-0.2, 0) is 16.6 Å². The van der Waals surface area contributed by atoms with E-state index in [9.17, 15) is 13.2 Å². The van der Waals surface area contributed by atoms with Crippen LogP contribution < -0.4 is 5.32 Å². The highest BCUT2D eigenvalue weighted by molar-refractivity contribution is 7.88. The van der Waals surface area contributed by atoms with Crippen molar-refractivity contribution in [2.24, 2.45) is 0 Å². The minimum absolute atomic E-state index is 0.0773. The molecule has 3 heterocycles. The summed E-state index contributed by atoms with van der Waals surface area (Å²) in [7, 11) is -3.14. The summed E-state index contributed by atoms with van der Waals surface area (Å²) in [4.78, 5) is 16.8. The van der Waals surface area contributed by atoms with E-state index in [0.29, 0.717) is 42.5 Å². The largest absolute Gasteiger partial charge is 0.342 e. The molecule has 1 aliphatic rings. The van der Waals surface area contributed by atoms with E-state index in [1.807, 2.05) is 11.4 Å². The number of carbonyl (C=O) groups excluding carboxylic acids is 1. The standard InChI is InChI=1S/C14H18N4O4S2/c1-24(20,21)18-6-4-10(5-7-18)13-16-12(22-17-13)9-15-14(19)11-3-2-8-23-11/h2-3,8,10H,4-7,9H2,1H3,(H,15,19). The molecule has 0 bridgehead atoms. The van der Waals surface area contributed by atoms with Crippen molar-refractivity contribution < 1.29 is 17.7 Å². The number of carbonyl (C=O) groups is 1. The van der Waals surface area contributed by atoms with E-state index in [1.54, 1.807) is 6.07 Å². The Labute approximate surface area is 143 Å². The maximum atomic E-state index is 11.9. The summed E-state index contributed by atoms with van der Waals surface area (Å²) >= 11 is 1.36. The number of thiophene rings is 1. The van der Waals surface area contributed by atoms with Gasteiger partial charge in [-0.2, -0.15) is 4.98 Å². The molecule has 0 aliphatic carbocycles.